The van der Waals surface area contributed by atoms with Crippen molar-refractivity contribution in [1.82, 2.24) is 5.32 Å². The van der Waals surface area contributed by atoms with Crippen molar-refractivity contribution in [3.8, 4) is 0 Å². The van der Waals surface area contributed by atoms with Crippen LogP contribution in [0.5, 0.6) is 0 Å². The van der Waals surface area contributed by atoms with Crippen LogP contribution in [0.4, 0.5) is 5.69 Å². The van der Waals surface area contributed by atoms with Gasteiger partial charge in [-0.3, -0.25) is 4.79 Å². The van der Waals surface area contributed by atoms with Gasteiger partial charge in [0.25, 0.3) is 5.91 Å². The third-order valence-electron chi connectivity index (χ3n) is 3.62. The van der Waals surface area contributed by atoms with Crippen LogP contribution in [0.3, 0.4) is 0 Å². The molecule has 2 aromatic rings. The molecule has 0 aliphatic carbocycles. The molecule has 0 bridgehead atoms. The number of nitrogens with zero attached hydrogens (tertiary/aromatic N) is 1. The number of carbonyl (C=O) groups excluding carboxylic acids is 2. The van der Waals surface area contributed by atoms with Gasteiger partial charge in [0.1, 0.15) is 0 Å². The van der Waals surface area contributed by atoms with Gasteiger partial charge in [0.2, 0.25) is 0 Å². The second-order valence-corrected chi connectivity index (χ2v) is 6.29. The number of rotatable bonds is 7. The van der Waals surface area contributed by atoms with Crippen molar-refractivity contribution >= 4 is 23.5 Å². The Morgan fingerprint density at radius 1 is 1.00 bits per heavy atom. The molecule has 142 valence electrons. The number of ether oxygens (including phenoxy) is 1. The quantitative estimate of drug-likeness (QED) is 0.393. The Balaban J connectivity index is 1.84. The Morgan fingerprint density at radius 3 is 2.15 bits per heavy atom. The lowest BCUT2D eigenvalue weighted by Gasteiger charge is -2.09. The first-order valence-electron chi connectivity index (χ1n) is 8.62. The van der Waals surface area contributed by atoms with E-state index in [1.807, 2.05) is 26.0 Å². The molecule has 7 nitrogen and oxygen atoms in total. The van der Waals surface area contributed by atoms with Crippen molar-refractivity contribution in [3.05, 3.63) is 65.2 Å². The number of guanidine groups is 1. The summed E-state index contributed by atoms with van der Waals surface area (Å²) in [7, 11) is 0. The van der Waals surface area contributed by atoms with Gasteiger partial charge in [-0.05, 0) is 55.8 Å². The van der Waals surface area contributed by atoms with Gasteiger partial charge in [0.15, 0.2) is 5.96 Å². The number of hydrogen-bond donors (Lipinski definition) is 3. The van der Waals surface area contributed by atoms with E-state index >= 15 is 0 Å². The average Bonchev–Trinajstić information content (AvgIpc) is 2.61. The second-order valence-electron chi connectivity index (χ2n) is 6.29. The summed E-state index contributed by atoms with van der Waals surface area (Å²) in [5.41, 5.74) is 13.2. The van der Waals surface area contributed by atoms with Crippen molar-refractivity contribution in [2.45, 2.75) is 26.3 Å². The molecule has 0 aromatic heterocycles. The van der Waals surface area contributed by atoms with E-state index in [1.165, 1.54) is 0 Å². The summed E-state index contributed by atoms with van der Waals surface area (Å²) in [4.78, 5) is 27.8. The minimum Gasteiger partial charge on any atom is -0.462 e. The van der Waals surface area contributed by atoms with Crippen LogP contribution in [0.1, 0.15) is 40.1 Å². The summed E-state index contributed by atoms with van der Waals surface area (Å²) < 4.78 is 5.28. The van der Waals surface area contributed by atoms with Gasteiger partial charge in [0, 0.05) is 18.0 Å². The Morgan fingerprint density at radius 2 is 1.59 bits per heavy atom. The topological polar surface area (TPSA) is 120 Å². The monoisotopic (exact) mass is 368 g/mol. The number of benzene rings is 2. The van der Waals surface area contributed by atoms with E-state index in [1.54, 1.807) is 36.4 Å². The molecule has 0 spiro atoms. The van der Waals surface area contributed by atoms with Crippen molar-refractivity contribution in [1.29, 1.82) is 0 Å². The highest BCUT2D eigenvalue weighted by Crippen LogP contribution is 2.13. The maximum absolute atomic E-state index is 12.1. The molecule has 1 amide bonds. The van der Waals surface area contributed by atoms with E-state index < -0.39 is 5.97 Å². The van der Waals surface area contributed by atoms with Crippen molar-refractivity contribution < 1.29 is 14.3 Å². The normalized spacial score (nSPS) is 10.3. The molecule has 0 aliphatic heterocycles. The maximum atomic E-state index is 12.1. The number of aliphatic imine (C=N–C) groups is 1. The highest BCUT2D eigenvalue weighted by Gasteiger charge is 2.08. The third-order valence-corrected chi connectivity index (χ3v) is 3.62. The van der Waals surface area contributed by atoms with E-state index in [-0.39, 0.29) is 24.5 Å². The lowest BCUT2D eigenvalue weighted by atomic mass is 10.1. The molecule has 0 heterocycles. The molecule has 0 radical (unpaired) electrons. The predicted octanol–water partition coefficient (Wildman–Crippen LogP) is 2.13. The molecule has 0 saturated heterocycles. The van der Waals surface area contributed by atoms with E-state index in [2.05, 4.69) is 10.3 Å². The molecule has 7 heteroatoms. The fourth-order valence-electron chi connectivity index (χ4n) is 2.33. The molecule has 0 saturated carbocycles. The molecule has 0 fully saturated rings. The first kappa shape index (κ1) is 20.0. The van der Waals surface area contributed by atoms with Crippen molar-refractivity contribution in [3.63, 3.8) is 0 Å². The zero-order chi connectivity index (χ0) is 19.8. The van der Waals surface area contributed by atoms with Crippen LogP contribution in [0.25, 0.3) is 0 Å². The molecule has 0 aliphatic rings. The summed E-state index contributed by atoms with van der Waals surface area (Å²) in [6, 6.07) is 13.8. The first-order chi connectivity index (χ1) is 12.8. The molecule has 27 heavy (non-hydrogen) atoms. The zero-order valence-electron chi connectivity index (χ0n) is 15.4. The number of esters is 1. The van der Waals surface area contributed by atoms with E-state index in [0.717, 1.165) is 5.56 Å². The van der Waals surface area contributed by atoms with E-state index in [9.17, 15) is 9.59 Å². The van der Waals surface area contributed by atoms with Gasteiger partial charge in [-0.1, -0.05) is 12.1 Å². The minimum atomic E-state index is -0.417. The van der Waals surface area contributed by atoms with Gasteiger partial charge in [-0.2, -0.15) is 0 Å². The van der Waals surface area contributed by atoms with Crippen LogP contribution >= 0.6 is 0 Å². The van der Waals surface area contributed by atoms with Crippen LogP contribution in [0.2, 0.25) is 0 Å². The summed E-state index contributed by atoms with van der Waals surface area (Å²) in [5, 5.41) is 2.84. The lowest BCUT2D eigenvalue weighted by Crippen LogP contribution is -2.29. The third kappa shape index (κ3) is 6.47. The van der Waals surface area contributed by atoms with E-state index in [0.29, 0.717) is 23.2 Å². The Hall–Kier alpha value is -3.35. The van der Waals surface area contributed by atoms with Crippen LogP contribution in [0.15, 0.2) is 53.5 Å². The Labute approximate surface area is 158 Å². The van der Waals surface area contributed by atoms with Crippen molar-refractivity contribution in [2.75, 3.05) is 6.61 Å². The number of amides is 1. The van der Waals surface area contributed by atoms with Crippen LogP contribution in [-0.2, 0) is 11.2 Å². The van der Waals surface area contributed by atoms with Gasteiger partial charge >= 0.3 is 5.97 Å². The SMILES string of the molecule is CC(C)NC(=O)c1ccc(CCOC(=O)c2ccc(N=C(N)N)cc2)cc1. The first-order valence-corrected chi connectivity index (χ1v) is 8.62. The maximum Gasteiger partial charge on any atom is 0.338 e. The summed E-state index contributed by atoms with van der Waals surface area (Å²) in [6.45, 7) is 4.07. The van der Waals surface area contributed by atoms with Crippen LogP contribution in [0, 0.1) is 0 Å². The summed E-state index contributed by atoms with van der Waals surface area (Å²) in [6.07, 6.45) is 0.559. The second kappa shape index (κ2) is 9.38. The number of hydrogen-bond acceptors (Lipinski definition) is 4. The molecular weight excluding hydrogens is 344 g/mol. The average molecular weight is 368 g/mol. The highest BCUT2D eigenvalue weighted by molar-refractivity contribution is 5.94. The fraction of sp³-hybridized carbons (Fsp3) is 0.250. The highest BCUT2D eigenvalue weighted by atomic mass is 16.5. The van der Waals surface area contributed by atoms with Crippen LogP contribution in [-0.4, -0.2) is 30.5 Å². The van der Waals surface area contributed by atoms with Crippen molar-refractivity contribution in [2.24, 2.45) is 16.5 Å². The molecule has 0 atom stereocenters. The summed E-state index contributed by atoms with van der Waals surface area (Å²) >= 11 is 0. The molecule has 0 unspecified atom stereocenters. The standard InChI is InChI=1S/C20H24N4O3/c1-13(2)23-18(25)15-5-3-14(4-6-15)11-12-27-19(26)16-7-9-17(10-8-16)24-20(21)22/h3-10,13H,11-12H2,1-2H3,(H,23,25)(H4,21,22,24). The minimum absolute atomic E-state index is 0.0435. The lowest BCUT2D eigenvalue weighted by molar-refractivity contribution is 0.0509. The van der Waals surface area contributed by atoms with E-state index in [4.69, 9.17) is 16.2 Å². The van der Waals surface area contributed by atoms with Gasteiger partial charge in [-0.15, -0.1) is 0 Å². The Bertz CT molecular complexity index is 808. The molecular formula is C20H24N4O3. The fourth-order valence-corrected chi connectivity index (χ4v) is 2.33. The number of nitrogens with two attached hydrogens (primary N) is 2. The number of nitrogens with one attached hydrogen (secondary N) is 1. The molecule has 2 rings (SSSR count). The molecule has 5 N–H and O–H groups in total. The molecule has 2 aromatic carbocycles. The predicted molar refractivity (Wildman–Crippen MR) is 105 cm³/mol. The smallest absolute Gasteiger partial charge is 0.338 e. The van der Waals surface area contributed by atoms with Gasteiger partial charge in [0.05, 0.1) is 17.9 Å². The largest absolute Gasteiger partial charge is 0.462 e. The summed E-state index contributed by atoms with van der Waals surface area (Å²) in [5.74, 6) is -0.565. The van der Waals surface area contributed by atoms with Crippen LogP contribution < -0.4 is 16.8 Å². The zero-order valence-corrected chi connectivity index (χ0v) is 15.4. The Kier molecular flexibility index (Phi) is 6.93. The number of carbonyl (C=O) groups is 2. The van der Waals surface area contributed by atoms with Gasteiger partial charge < -0.3 is 21.5 Å². The van der Waals surface area contributed by atoms with Gasteiger partial charge in [-0.25, -0.2) is 9.79 Å².